The van der Waals surface area contributed by atoms with Crippen molar-refractivity contribution in [2.75, 3.05) is 31.0 Å². The third-order valence-electron chi connectivity index (χ3n) is 8.98. The highest BCUT2D eigenvalue weighted by Crippen LogP contribution is 2.43. The van der Waals surface area contributed by atoms with Crippen molar-refractivity contribution in [3.05, 3.63) is 94.3 Å². The molecule has 1 amide bonds. The number of ether oxygens (including phenoxy) is 1. The van der Waals surface area contributed by atoms with Crippen molar-refractivity contribution in [1.29, 1.82) is 5.26 Å². The van der Waals surface area contributed by atoms with Crippen molar-refractivity contribution in [3.63, 3.8) is 0 Å². The van der Waals surface area contributed by atoms with Crippen LogP contribution in [0.4, 0.5) is 15.8 Å². The smallest absolute Gasteiger partial charge is 0.241 e. The highest BCUT2D eigenvalue weighted by atomic mass is 35.5. The number of likely N-dealkylation sites (tertiary alicyclic amines) is 1. The molecule has 1 heterocycles. The number of carbonyl (C=O) groups excluding carboxylic acids is 1. The molecule has 1 saturated heterocycles. The number of carbonyl (C=O) groups is 1. The van der Waals surface area contributed by atoms with Crippen LogP contribution in [0.1, 0.15) is 69.6 Å². The topological polar surface area (TPSA) is 112 Å². The van der Waals surface area contributed by atoms with Crippen LogP contribution in [-0.4, -0.2) is 52.6 Å². The predicted molar refractivity (Wildman–Crippen MR) is 186 cm³/mol. The quantitative estimate of drug-likeness (QED) is 0.168. The third kappa shape index (κ3) is 8.65. The number of nitrogens with zero attached hydrogens (tertiary/aromatic N) is 2. The van der Waals surface area contributed by atoms with E-state index >= 15 is 4.39 Å². The van der Waals surface area contributed by atoms with Gasteiger partial charge in [0.1, 0.15) is 16.1 Å². The summed E-state index contributed by atoms with van der Waals surface area (Å²) in [5.41, 5.74) is 1.77. The molecule has 2 aliphatic rings. The van der Waals surface area contributed by atoms with Gasteiger partial charge in [0.05, 0.1) is 36.1 Å². The highest BCUT2D eigenvalue weighted by Gasteiger charge is 2.44. The maximum absolute atomic E-state index is 15.5. The summed E-state index contributed by atoms with van der Waals surface area (Å²) in [6, 6.07) is 20.9. The van der Waals surface area contributed by atoms with Crippen LogP contribution < -0.4 is 15.4 Å². The van der Waals surface area contributed by atoms with Gasteiger partial charge in [-0.3, -0.25) is 9.69 Å². The van der Waals surface area contributed by atoms with Crippen molar-refractivity contribution in [3.8, 4) is 6.07 Å². The summed E-state index contributed by atoms with van der Waals surface area (Å²) in [6.07, 6.45) is 4.00. The lowest BCUT2D eigenvalue weighted by Gasteiger charge is -2.39. The molecule has 0 bridgehead atoms. The summed E-state index contributed by atoms with van der Waals surface area (Å²) < 4.78 is 37.8. The average Bonchev–Trinajstić information content (AvgIpc) is 3.80. The molecule has 4 atom stereocenters. The Morgan fingerprint density at radius 2 is 1.85 bits per heavy atom. The molecule has 47 heavy (non-hydrogen) atoms. The lowest BCUT2D eigenvalue weighted by Crippen LogP contribution is -2.52. The number of methoxy groups -OCH3 is 1. The van der Waals surface area contributed by atoms with Gasteiger partial charge in [-0.15, -0.1) is 4.72 Å². The number of nitrogens with one attached hydrogen (secondary N) is 3. The van der Waals surface area contributed by atoms with Crippen molar-refractivity contribution in [2.24, 2.45) is 5.92 Å². The second kappa shape index (κ2) is 14.9. The number of nitriles is 1. The predicted octanol–water partition coefficient (Wildman–Crippen LogP) is 6.93. The van der Waals surface area contributed by atoms with Crippen LogP contribution in [0.2, 0.25) is 5.02 Å². The van der Waals surface area contributed by atoms with E-state index in [2.05, 4.69) is 21.4 Å². The summed E-state index contributed by atoms with van der Waals surface area (Å²) in [7, 11) is 1.62. The van der Waals surface area contributed by atoms with Crippen LogP contribution in [-0.2, 0) is 26.4 Å². The molecule has 1 saturated carbocycles. The first-order valence-electron chi connectivity index (χ1n) is 16.0. The zero-order valence-electron chi connectivity index (χ0n) is 27.3. The van der Waals surface area contributed by atoms with E-state index in [9.17, 15) is 14.6 Å². The molecular weight excluding hydrogens is 637 g/mol. The van der Waals surface area contributed by atoms with Crippen LogP contribution in [0.25, 0.3) is 0 Å². The van der Waals surface area contributed by atoms with E-state index in [1.54, 1.807) is 43.5 Å². The molecule has 11 heteroatoms. The number of halogens is 2. The Morgan fingerprint density at radius 1 is 1.13 bits per heavy atom. The van der Waals surface area contributed by atoms with Crippen LogP contribution in [0.3, 0.4) is 0 Å². The molecule has 0 aromatic heterocycles. The minimum absolute atomic E-state index is 0.0366. The Labute approximate surface area is 285 Å². The van der Waals surface area contributed by atoms with Crippen molar-refractivity contribution in [2.45, 2.75) is 75.3 Å². The summed E-state index contributed by atoms with van der Waals surface area (Å²) in [4.78, 5) is 15.8. The maximum Gasteiger partial charge on any atom is 0.241 e. The van der Waals surface area contributed by atoms with Gasteiger partial charge in [0.2, 0.25) is 5.91 Å². The molecule has 3 N–H and O–H groups in total. The van der Waals surface area contributed by atoms with Crippen LogP contribution in [0.15, 0.2) is 66.7 Å². The van der Waals surface area contributed by atoms with Crippen molar-refractivity contribution >= 4 is 40.2 Å². The average molecular weight is 680 g/mol. The molecule has 8 nitrogen and oxygen atoms in total. The van der Waals surface area contributed by atoms with Gasteiger partial charge >= 0.3 is 0 Å². The van der Waals surface area contributed by atoms with E-state index in [0.29, 0.717) is 48.1 Å². The number of benzene rings is 3. The van der Waals surface area contributed by atoms with Gasteiger partial charge in [-0.25, -0.2) is 4.39 Å². The van der Waals surface area contributed by atoms with Crippen LogP contribution in [0, 0.1) is 23.1 Å². The van der Waals surface area contributed by atoms with Crippen molar-refractivity contribution in [1.82, 2.24) is 9.62 Å². The largest absolute Gasteiger partial charge is 0.598 e. The van der Waals surface area contributed by atoms with Gasteiger partial charge in [0, 0.05) is 35.7 Å². The summed E-state index contributed by atoms with van der Waals surface area (Å²) in [6.45, 7) is 6.59. The SMILES string of the molecule is CO[C@H]1C[C@@H](C(=O)Nc2cc(C(CCC3CC3)(N[S+]([O-])C(C)(C)C)c3cccc(C#N)c3)ccc2F)N(CNc2ccc(Cl)cc2)C1. The Hall–Kier alpha value is -3.17. The highest BCUT2D eigenvalue weighted by molar-refractivity contribution is 7.90. The molecule has 2 unspecified atom stereocenters. The van der Waals surface area contributed by atoms with E-state index < -0.39 is 33.5 Å². The summed E-state index contributed by atoms with van der Waals surface area (Å²) in [5.74, 6) is -0.366. The Bertz CT molecular complexity index is 1590. The van der Waals surface area contributed by atoms with Gasteiger partial charge in [0.25, 0.3) is 0 Å². The molecule has 2 fully saturated rings. The first-order valence-corrected chi connectivity index (χ1v) is 17.5. The van der Waals surface area contributed by atoms with Crippen LogP contribution >= 0.6 is 11.6 Å². The number of anilines is 2. The molecule has 1 aliphatic heterocycles. The second-order valence-electron chi connectivity index (χ2n) is 13.5. The van der Waals surface area contributed by atoms with Crippen LogP contribution in [0.5, 0.6) is 0 Å². The standard InChI is InChI=1S/C36H43ClFN5O3S/c1-35(2,3)47(45)42-36(17-16-24-8-9-24,26-7-5-6-25(18-26)21-39)27-10-15-31(38)32(19-27)41-34(44)33-20-30(46-4)22-43(33)23-40-29-13-11-28(37)12-14-29/h5-7,10-15,18-19,24,30,33,40,42H,8-9,16-17,20,22-23H2,1-4H3,(H,41,44)/t30-,33-,36?,47?/m0/s1. The fourth-order valence-corrected chi connectivity index (χ4v) is 7.05. The normalized spacial score (nSPS) is 20.3. The lowest BCUT2D eigenvalue weighted by atomic mass is 9.79. The Balaban J connectivity index is 1.47. The fraction of sp³-hybridized carbons (Fsp3) is 0.444. The maximum atomic E-state index is 15.5. The fourth-order valence-electron chi connectivity index (χ4n) is 5.96. The lowest BCUT2D eigenvalue weighted by molar-refractivity contribution is -0.120. The number of hydrogen-bond acceptors (Lipinski definition) is 7. The van der Waals surface area contributed by atoms with Gasteiger partial charge in [-0.1, -0.05) is 42.6 Å². The zero-order chi connectivity index (χ0) is 33.8. The van der Waals surface area contributed by atoms with Gasteiger partial charge < -0.3 is 19.9 Å². The molecule has 1 aliphatic carbocycles. The van der Waals surface area contributed by atoms with Gasteiger partial charge in [-0.05, 0) is 106 Å². The number of hydrogen-bond donors (Lipinski definition) is 3. The minimum atomic E-state index is -1.51. The molecule has 250 valence electrons. The second-order valence-corrected chi connectivity index (χ2v) is 15.9. The van der Waals surface area contributed by atoms with Gasteiger partial charge in [-0.2, -0.15) is 5.26 Å². The number of amides is 1. The Kier molecular flexibility index (Phi) is 11.2. The van der Waals surface area contributed by atoms with E-state index in [1.807, 2.05) is 49.9 Å². The molecule has 0 radical (unpaired) electrons. The van der Waals surface area contributed by atoms with Crippen molar-refractivity contribution < 1.29 is 18.5 Å². The van der Waals surface area contributed by atoms with E-state index in [4.69, 9.17) is 16.3 Å². The minimum Gasteiger partial charge on any atom is -0.598 e. The molecule has 3 aromatic rings. The first-order chi connectivity index (χ1) is 22.4. The summed E-state index contributed by atoms with van der Waals surface area (Å²) in [5, 5.41) is 16.6. The van der Waals surface area contributed by atoms with Gasteiger partial charge in [0.15, 0.2) is 0 Å². The first kappa shape index (κ1) is 35.1. The molecule has 5 rings (SSSR count). The third-order valence-corrected chi connectivity index (χ3v) is 10.9. The zero-order valence-corrected chi connectivity index (χ0v) is 28.9. The summed E-state index contributed by atoms with van der Waals surface area (Å²) >= 11 is 4.51. The van der Waals surface area contributed by atoms with E-state index in [1.165, 1.54) is 6.07 Å². The van der Waals surface area contributed by atoms with E-state index in [-0.39, 0.29) is 17.7 Å². The number of rotatable bonds is 13. The van der Waals surface area contributed by atoms with E-state index in [0.717, 1.165) is 30.5 Å². The molecule has 3 aromatic carbocycles. The molecule has 0 spiro atoms. The Morgan fingerprint density at radius 3 is 2.51 bits per heavy atom. The molecular formula is C36H43ClFN5O3S. The monoisotopic (exact) mass is 679 g/mol.